The summed E-state index contributed by atoms with van der Waals surface area (Å²) in [5.74, 6) is 0. The van der Waals surface area contributed by atoms with Crippen molar-refractivity contribution in [3.8, 4) is 0 Å². The molecule has 0 aromatic heterocycles. The van der Waals surface area contributed by atoms with Crippen molar-refractivity contribution in [2.24, 2.45) is 5.73 Å². The van der Waals surface area contributed by atoms with Crippen LogP contribution in [0.5, 0.6) is 0 Å². The maximum atomic E-state index is 6.41. The van der Waals surface area contributed by atoms with Crippen LogP contribution in [0.2, 0.25) is 14.2 Å². The van der Waals surface area contributed by atoms with Gasteiger partial charge in [-0.15, -0.1) is 0 Å². The van der Waals surface area contributed by atoms with E-state index in [1.165, 1.54) is 0 Å². The van der Waals surface area contributed by atoms with E-state index in [9.17, 15) is 0 Å². The first-order valence-corrected chi connectivity index (χ1v) is 12.9. The molecule has 0 aliphatic carbocycles. The zero-order valence-electron chi connectivity index (χ0n) is 13.5. The van der Waals surface area contributed by atoms with E-state index in [0.29, 0.717) is 35.8 Å². The third-order valence-electron chi connectivity index (χ3n) is 4.11. The van der Waals surface area contributed by atoms with E-state index in [0.717, 1.165) is 11.1 Å². The number of hydrogen-bond donors (Lipinski definition) is 1. The summed E-state index contributed by atoms with van der Waals surface area (Å²) in [4.78, 5) is 0. The average molecular weight is 323 g/mol. The van der Waals surface area contributed by atoms with Crippen LogP contribution in [0.3, 0.4) is 0 Å². The van der Waals surface area contributed by atoms with E-state index in [-0.39, 0.29) is 0 Å². The maximum absolute atomic E-state index is 6.41. The van der Waals surface area contributed by atoms with Crippen molar-refractivity contribution in [1.82, 2.24) is 0 Å². The van der Waals surface area contributed by atoms with Crippen LogP contribution in [0.15, 0.2) is 25.3 Å². The van der Waals surface area contributed by atoms with Gasteiger partial charge in [0.1, 0.15) is 0 Å². The van der Waals surface area contributed by atoms with Crippen LogP contribution in [0.4, 0.5) is 0 Å². The Kier molecular flexibility index (Phi) is 7.89. The molecule has 0 saturated carbocycles. The molecule has 0 aromatic carbocycles. The van der Waals surface area contributed by atoms with E-state index in [1.807, 2.05) is 32.9 Å². The summed E-state index contributed by atoms with van der Waals surface area (Å²) in [6.07, 6.45) is 4.55. The monoisotopic (exact) mass is 323 g/mol. The van der Waals surface area contributed by atoms with E-state index < -0.39 is 15.2 Å². The summed E-state index contributed by atoms with van der Waals surface area (Å²) in [7, 11) is 0. The van der Waals surface area contributed by atoms with Gasteiger partial charge < -0.3 is 0 Å². The van der Waals surface area contributed by atoms with E-state index >= 15 is 0 Å². The third kappa shape index (κ3) is 3.82. The van der Waals surface area contributed by atoms with Gasteiger partial charge in [0.2, 0.25) is 0 Å². The summed E-state index contributed by atoms with van der Waals surface area (Å²) < 4.78 is 21.2. The Morgan fingerprint density at radius 3 is 1.55 bits per heavy atom. The molecule has 120 valence electrons. The number of hydrogen-bond acceptors (Lipinski definition) is 4. The van der Waals surface area contributed by atoms with Gasteiger partial charge in [-0.05, 0) is 0 Å². The molecule has 0 heterocycles. The fourth-order valence-electron chi connectivity index (χ4n) is 3.58. The fraction of sp³-hybridized carbons (Fsp3) is 0.733. The molecule has 0 saturated heterocycles. The molecule has 2 N–H and O–H groups in total. The summed E-state index contributed by atoms with van der Waals surface area (Å²) in [5.41, 5.74) is 5.75. The van der Waals surface area contributed by atoms with Gasteiger partial charge in [0.15, 0.2) is 0 Å². The SMILES string of the molecule is C=C[CH2][Ti]([CH2]C=C)([CH2]CCN)([O]CC)([O]CC)[O]CC. The second-order valence-electron chi connectivity index (χ2n) is 5.48. The fourth-order valence-corrected chi connectivity index (χ4v) is 14.8. The summed E-state index contributed by atoms with van der Waals surface area (Å²) >= 11 is -4.67. The normalized spacial score (nSPS) is 15.4. The van der Waals surface area contributed by atoms with Crippen LogP contribution in [0, 0.1) is 0 Å². The summed E-state index contributed by atoms with van der Waals surface area (Å²) in [6, 6.07) is 0. The number of allylic oxidation sites excluding steroid dienone is 2. The molecule has 0 atom stereocenters. The van der Waals surface area contributed by atoms with Crippen LogP contribution in [0.1, 0.15) is 27.2 Å². The Morgan fingerprint density at radius 2 is 1.30 bits per heavy atom. The van der Waals surface area contributed by atoms with Gasteiger partial charge in [-0.1, -0.05) is 0 Å². The van der Waals surface area contributed by atoms with Crippen molar-refractivity contribution in [3.05, 3.63) is 25.3 Å². The molecule has 4 nitrogen and oxygen atoms in total. The van der Waals surface area contributed by atoms with Gasteiger partial charge in [0, 0.05) is 0 Å². The van der Waals surface area contributed by atoms with Crippen LogP contribution >= 0.6 is 0 Å². The molecular formula is C15H33NO3Ti. The predicted molar refractivity (Wildman–Crippen MR) is 83.4 cm³/mol. The van der Waals surface area contributed by atoms with Crippen molar-refractivity contribution < 1.29 is 25.1 Å². The predicted octanol–water partition coefficient (Wildman–Crippen LogP) is 4.04. The molecule has 0 spiro atoms. The Balaban J connectivity index is 6.14. The van der Waals surface area contributed by atoms with Gasteiger partial charge in [-0.25, -0.2) is 0 Å². The molecule has 0 aliphatic rings. The van der Waals surface area contributed by atoms with Gasteiger partial charge in [0.25, 0.3) is 0 Å². The van der Waals surface area contributed by atoms with Gasteiger partial charge in [-0.2, -0.15) is 0 Å². The average Bonchev–Trinajstić information content (AvgIpc) is 2.39. The Labute approximate surface area is 124 Å². The van der Waals surface area contributed by atoms with Crippen molar-refractivity contribution in [2.75, 3.05) is 26.4 Å². The first-order valence-electron chi connectivity index (χ1n) is 7.70. The number of nitrogens with two attached hydrogens (primary N) is 1. The molecule has 0 amide bonds. The van der Waals surface area contributed by atoms with Crippen molar-refractivity contribution >= 4 is 0 Å². The first-order chi connectivity index (χ1) is 9.47. The third-order valence-corrected chi connectivity index (χ3v) is 16.3. The Morgan fingerprint density at radius 1 is 0.900 bits per heavy atom. The van der Waals surface area contributed by atoms with E-state index in [4.69, 9.17) is 15.7 Å². The van der Waals surface area contributed by atoms with Crippen molar-refractivity contribution in [3.63, 3.8) is 0 Å². The molecule has 0 rings (SSSR count). The molecule has 0 radical (unpaired) electrons. The molecule has 0 aliphatic heterocycles. The second kappa shape index (κ2) is 7.88. The Bertz CT molecular complexity index is 295. The second-order valence-corrected chi connectivity index (χ2v) is 16.1. The minimum atomic E-state index is -4.67. The molecule has 20 heavy (non-hydrogen) atoms. The standard InChI is InChI=1S/C3H8N.2C3H5.3C2H5O.Ti/c1-2-3-4;2*1-3-2;3*1-2-3;/h1-4H2;2*3H,1-2H2;3*2H2,1H3;/q;;;3*-1;+3. The molecule has 5 heteroatoms. The van der Waals surface area contributed by atoms with Crippen LogP contribution in [-0.2, 0) is 25.1 Å². The quantitative estimate of drug-likeness (QED) is 0.410. The molecule has 0 aromatic rings. The Hall–Kier alpha value is 0.0343. The van der Waals surface area contributed by atoms with E-state index in [2.05, 4.69) is 13.2 Å². The van der Waals surface area contributed by atoms with Crippen LogP contribution in [0.25, 0.3) is 0 Å². The van der Waals surface area contributed by atoms with Gasteiger partial charge >= 0.3 is 124 Å². The topological polar surface area (TPSA) is 53.7 Å². The van der Waals surface area contributed by atoms with Crippen molar-refractivity contribution in [2.45, 2.75) is 41.4 Å². The summed E-state index contributed by atoms with van der Waals surface area (Å²) in [5, 5.41) is 0. The zero-order chi connectivity index (χ0) is 15.6. The molecule has 0 bridgehead atoms. The van der Waals surface area contributed by atoms with Gasteiger partial charge in [-0.3, -0.25) is 0 Å². The van der Waals surface area contributed by atoms with Crippen LogP contribution in [-0.4, -0.2) is 26.4 Å². The van der Waals surface area contributed by atoms with Crippen LogP contribution < -0.4 is 5.73 Å². The van der Waals surface area contributed by atoms with Gasteiger partial charge in [0.05, 0.1) is 0 Å². The van der Waals surface area contributed by atoms with Crippen molar-refractivity contribution in [1.29, 1.82) is 0 Å². The molecule has 0 unspecified atom stereocenters. The molecular weight excluding hydrogens is 290 g/mol. The minimum absolute atomic E-state index is 0.552. The molecule has 0 fully saturated rings. The first kappa shape index (κ1) is 20.0. The zero-order valence-corrected chi connectivity index (χ0v) is 15.1. The van der Waals surface area contributed by atoms with E-state index in [1.54, 1.807) is 0 Å². The number of rotatable bonds is 13. The summed E-state index contributed by atoms with van der Waals surface area (Å²) in [6.45, 7) is 16.0.